The fourth-order valence-corrected chi connectivity index (χ4v) is 9.11. The number of pyridine rings is 1. The maximum absolute atomic E-state index is 5.45. The first-order valence-electron chi connectivity index (χ1n) is 20.4. The summed E-state index contributed by atoms with van der Waals surface area (Å²) in [7, 11) is 0. The number of rotatable bonds is 6. The van der Waals surface area contributed by atoms with Crippen LogP contribution in [0, 0.1) is 0 Å². The van der Waals surface area contributed by atoms with Crippen LogP contribution in [0.3, 0.4) is 0 Å². The fourth-order valence-electron chi connectivity index (χ4n) is 9.11. The monoisotopic (exact) mass is 764 g/mol. The van der Waals surface area contributed by atoms with Crippen molar-refractivity contribution in [2.45, 2.75) is 0 Å². The number of benzene rings is 9. The third-order valence-electron chi connectivity index (χ3n) is 11.9. The van der Waals surface area contributed by atoms with Gasteiger partial charge < -0.3 is 4.57 Å². The van der Waals surface area contributed by atoms with Gasteiger partial charge in [-0.05, 0) is 70.8 Å². The van der Waals surface area contributed by atoms with Gasteiger partial charge >= 0.3 is 0 Å². The third kappa shape index (κ3) is 5.46. The van der Waals surface area contributed by atoms with E-state index in [1.165, 1.54) is 27.2 Å². The van der Waals surface area contributed by atoms with Crippen LogP contribution in [0.1, 0.15) is 0 Å². The van der Waals surface area contributed by atoms with Gasteiger partial charge in [-0.1, -0.05) is 170 Å². The maximum Gasteiger partial charge on any atom is 0.145 e. The molecule has 0 aliphatic rings. The molecule has 280 valence electrons. The lowest BCUT2D eigenvalue weighted by molar-refractivity contribution is 1.10. The molecule has 4 nitrogen and oxygen atoms in total. The van der Waals surface area contributed by atoms with Gasteiger partial charge in [-0.2, -0.15) is 0 Å². The number of hydrogen-bond acceptors (Lipinski definition) is 2. The van der Waals surface area contributed by atoms with E-state index in [2.05, 4.69) is 215 Å². The summed E-state index contributed by atoms with van der Waals surface area (Å²) in [5.41, 5.74) is 15.4. The number of aromatic nitrogens is 4. The standard InChI is InChI=1S/C56H36N4/c1-4-14-40(15-5-1)54-48-35-34-46-45-20-10-12-22-51(45)59(43-18-8-3-9-19-43)55(46)53(48)47-33-30-42(36-50(47)57-54)39-26-24-37(25-27-39)38-28-31-44(32-29-38)60-52-23-13-11-21-49(52)58-56(60)41-16-6-2-7-17-41/h1-36H. The van der Waals surface area contributed by atoms with Gasteiger partial charge in [0.25, 0.3) is 0 Å². The summed E-state index contributed by atoms with van der Waals surface area (Å²) in [5, 5.41) is 5.96. The predicted molar refractivity (Wildman–Crippen MR) is 250 cm³/mol. The zero-order valence-electron chi connectivity index (χ0n) is 32.6. The highest BCUT2D eigenvalue weighted by atomic mass is 15.1. The van der Waals surface area contributed by atoms with Crippen molar-refractivity contribution < 1.29 is 0 Å². The summed E-state index contributed by atoms with van der Waals surface area (Å²) in [6.45, 7) is 0. The normalized spacial score (nSPS) is 11.7. The van der Waals surface area contributed by atoms with Crippen LogP contribution in [-0.2, 0) is 0 Å². The first-order valence-corrected chi connectivity index (χ1v) is 20.4. The van der Waals surface area contributed by atoms with Gasteiger partial charge in [0.2, 0.25) is 0 Å². The van der Waals surface area contributed by atoms with Crippen LogP contribution < -0.4 is 0 Å². The summed E-state index contributed by atoms with van der Waals surface area (Å²) in [5.74, 6) is 0.936. The van der Waals surface area contributed by atoms with Gasteiger partial charge in [0, 0.05) is 49.4 Å². The Labute approximate surface area is 346 Å². The lowest BCUT2D eigenvalue weighted by Gasteiger charge is -2.15. The van der Waals surface area contributed by atoms with E-state index in [0.29, 0.717) is 0 Å². The van der Waals surface area contributed by atoms with E-state index in [0.717, 1.165) is 83.6 Å². The lowest BCUT2D eigenvalue weighted by Crippen LogP contribution is -1.97. The number of imidazole rings is 1. The first-order chi connectivity index (χ1) is 29.8. The van der Waals surface area contributed by atoms with Gasteiger partial charge in [0.15, 0.2) is 0 Å². The van der Waals surface area contributed by atoms with Gasteiger partial charge in [-0.25, -0.2) is 9.97 Å². The second kappa shape index (κ2) is 13.8. The Bertz CT molecular complexity index is 3550. The van der Waals surface area contributed by atoms with Crippen LogP contribution in [0.5, 0.6) is 0 Å². The number of para-hydroxylation sites is 4. The molecule has 0 fully saturated rings. The van der Waals surface area contributed by atoms with E-state index in [1.807, 2.05) is 12.1 Å². The highest BCUT2D eigenvalue weighted by molar-refractivity contribution is 6.27. The van der Waals surface area contributed by atoms with Crippen molar-refractivity contribution in [1.29, 1.82) is 0 Å². The Morgan fingerprint density at radius 2 is 0.833 bits per heavy atom. The third-order valence-corrected chi connectivity index (χ3v) is 11.9. The Balaban J connectivity index is 0.970. The molecule has 0 aliphatic heterocycles. The zero-order valence-corrected chi connectivity index (χ0v) is 32.6. The molecule has 4 heteroatoms. The number of nitrogens with zero attached hydrogens (tertiary/aromatic N) is 4. The highest BCUT2D eigenvalue weighted by Gasteiger charge is 2.20. The molecule has 60 heavy (non-hydrogen) atoms. The molecule has 12 rings (SSSR count). The summed E-state index contributed by atoms with van der Waals surface area (Å²) in [6, 6.07) is 77.9. The van der Waals surface area contributed by atoms with Crippen molar-refractivity contribution in [1.82, 2.24) is 19.1 Å². The molecular formula is C56H36N4. The molecule has 0 spiro atoms. The zero-order chi connectivity index (χ0) is 39.6. The maximum atomic E-state index is 5.45. The van der Waals surface area contributed by atoms with Crippen LogP contribution in [0.25, 0.3) is 111 Å². The van der Waals surface area contributed by atoms with Crippen molar-refractivity contribution >= 4 is 54.5 Å². The Morgan fingerprint density at radius 3 is 1.57 bits per heavy atom. The van der Waals surface area contributed by atoms with E-state index < -0.39 is 0 Å². The van der Waals surface area contributed by atoms with Gasteiger partial charge in [-0.3, -0.25) is 4.57 Å². The highest BCUT2D eigenvalue weighted by Crippen LogP contribution is 2.43. The van der Waals surface area contributed by atoms with Crippen molar-refractivity contribution in [2.75, 3.05) is 0 Å². The minimum Gasteiger partial charge on any atom is -0.309 e. The molecule has 0 aliphatic carbocycles. The topological polar surface area (TPSA) is 35.6 Å². The molecular weight excluding hydrogens is 729 g/mol. The molecule has 0 amide bonds. The molecule has 0 atom stereocenters. The fraction of sp³-hybridized carbons (Fsp3) is 0. The molecule has 3 aromatic heterocycles. The predicted octanol–water partition coefficient (Wildman–Crippen LogP) is 14.5. The van der Waals surface area contributed by atoms with Crippen molar-refractivity contribution in [3.63, 3.8) is 0 Å². The van der Waals surface area contributed by atoms with Crippen molar-refractivity contribution in [2.24, 2.45) is 0 Å². The molecule has 12 aromatic rings. The summed E-state index contributed by atoms with van der Waals surface area (Å²) < 4.78 is 4.68. The first kappa shape index (κ1) is 34.0. The number of fused-ring (bicyclic) bond motifs is 8. The van der Waals surface area contributed by atoms with Crippen molar-refractivity contribution in [3.05, 3.63) is 218 Å². The summed E-state index contributed by atoms with van der Waals surface area (Å²) >= 11 is 0. The Hall–Kier alpha value is -8.08. The molecule has 3 heterocycles. The van der Waals surface area contributed by atoms with Gasteiger partial charge in [0.05, 0.1) is 33.3 Å². The SMILES string of the molecule is c1ccc(-c2nc3cc(-c4ccc(-c5ccc(-n6c(-c7ccccc7)nc7ccccc76)cc5)cc4)ccc3c3c2ccc2c4ccccc4n(-c4ccccc4)c23)cc1. The minimum absolute atomic E-state index is 0.936. The smallest absolute Gasteiger partial charge is 0.145 e. The van der Waals surface area contributed by atoms with Crippen LogP contribution in [0.2, 0.25) is 0 Å². The van der Waals surface area contributed by atoms with Gasteiger partial charge in [-0.15, -0.1) is 0 Å². The van der Waals surface area contributed by atoms with E-state index in [9.17, 15) is 0 Å². The van der Waals surface area contributed by atoms with E-state index in [-0.39, 0.29) is 0 Å². The summed E-state index contributed by atoms with van der Waals surface area (Å²) in [4.78, 5) is 10.5. The lowest BCUT2D eigenvalue weighted by atomic mass is 9.95. The van der Waals surface area contributed by atoms with E-state index in [4.69, 9.17) is 9.97 Å². The second-order valence-corrected chi connectivity index (χ2v) is 15.4. The van der Waals surface area contributed by atoms with Crippen molar-refractivity contribution in [3.8, 4) is 56.3 Å². The largest absolute Gasteiger partial charge is 0.309 e. The average Bonchev–Trinajstić information content (AvgIpc) is 3.89. The van der Waals surface area contributed by atoms with Gasteiger partial charge in [0.1, 0.15) is 5.82 Å². The quantitative estimate of drug-likeness (QED) is 0.158. The second-order valence-electron chi connectivity index (χ2n) is 15.4. The Kier molecular flexibility index (Phi) is 7.82. The van der Waals surface area contributed by atoms with Crippen LogP contribution in [0.15, 0.2) is 218 Å². The number of hydrogen-bond donors (Lipinski definition) is 0. The molecule has 9 aromatic carbocycles. The molecule has 0 saturated heterocycles. The van der Waals surface area contributed by atoms with E-state index >= 15 is 0 Å². The van der Waals surface area contributed by atoms with Crippen LogP contribution in [0.4, 0.5) is 0 Å². The molecule has 0 bridgehead atoms. The molecule has 0 saturated carbocycles. The van der Waals surface area contributed by atoms with E-state index in [1.54, 1.807) is 0 Å². The average molecular weight is 765 g/mol. The van der Waals surface area contributed by atoms with Crippen LogP contribution in [-0.4, -0.2) is 19.1 Å². The molecule has 0 N–H and O–H groups in total. The van der Waals surface area contributed by atoms with Crippen LogP contribution >= 0.6 is 0 Å². The Morgan fingerprint density at radius 1 is 0.300 bits per heavy atom. The molecule has 0 unspecified atom stereocenters. The minimum atomic E-state index is 0.936. The summed E-state index contributed by atoms with van der Waals surface area (Å²) in [6.07, 6.45) is 0. The molecule has 0 radical (unpaired) electrons.